The van der Waals surface area contributed by atoms with E-state index in [4.69, 9.17) is 0 Å². The van der Waals surface area contributed by atoms with Gasteiger partial charge in [0, 0.05) is 19.3 Å². The van der Waals surface area contributed by atoms with Crippen LogP contribution in [0.2, 0.25) is 0 Å². The molecule has 1 aliphatic heterocycles. The summed E-state index contributed by atoms with van der Waals surface area (Å²) in [6.07, 6.45) is 0. The van der Waals surface area contributed by atoms with Crippen molar-refractivity contribution in [2.45, 2.75) is 32.9 Å². The van der Waals surface area contributed by atoms with E-state index in [0.29, 0.717) is 6.04 Å². The topological polar surface area (TPSA) is 44.7 Å². The third-order valence-electron chi connectivity index (χ3n) is 2.36. The van der Waals surface area contributed by atoms with Crippen LogP contribution in [-0.4, -0.2) is 47.4 Å². The van der Waals surface area contributed by atoms with Crippen LogP contribution < -0.4 is 5.32 Å². The fourth-order valence-corrected chi connectivity index (χ4v) is 2.27. The molecule has 5 heteroatoms. The highest BCUT2D eigenvalue weighted by Crippen LogP contribution is 2.16. The third-order valence-corrected chi connectivity index (χ3v) is 3.51. The summed E-state index contributed by atoms with van der Waals surface area (Å²) >= 11 is 1.68. The van der Waals surface area contributed by atoms with Crippen LogP contribution in [0.5, 0.6) is 0 Å². The summed E-state index contributed by atoms with van der Waals surface area (Å²) in [5, 5.41) is 4.04. The Morgan fingerprint density at radius 3 is 2.93 bits per heavy atom. The van der Waals surface area contributed by atoms with Crippen LogP contribution in [0.1, 0.15) is 20.8 Å². The first-order chi connectivity index (χ1) is 7.04. The predicted molar refractivity (Wildman–Crippen MR) is 65.3 cm³/mol. The number of carbonyl (C=O) groups excluding carboxylic acids is 1. The van der Waals surface area contributed by atoms with E-state index >= 15 is 0 Å². The Balaban J connectivity index is 2.45. The predicted octanol–water partition coefficient (Wildman–Crippen LogP) is 0.934. The first-order valence-corrected chi connectivity index (χ1v) is 6.25. The maximum Gasteiger partial charge on any atom is 0.244 e. The van der Waals surface area contributed by atoms with Crippen molar-refractivity contribution in [1.29, 1.82) is 0 Å². The molecule has 0 aromatic rings. The van der Waals surface area contributed by atoms with Crippen molar-refractivity contribution in [2.75, 3.05) is 19.3 Å². The van der Waals surface area contributed by atoms with E-state index in [1.807, 2.05) is 20.9 Å². The van der Waals surface area contributed by atoms with Crippen molar-refractivity contribution in [3.05, 3.63) is 0 Å². The van der Waals surface area contributed by atoms with Crippen molar-refractivity contribution >= 4 is 22.8 Å². The lowest BCUT2D eigenvalue weighted by Gasteiger charge is -2.20. The summed E-state index contributed by atoms with van der Waals surface area (Å²) in [5.74, 6) is 1.12. The van der Waals surface area contributed by atoms with Gasteiger partial charge in [0.15, 0.2) is 5.17 Å². The number of hydrogen-bond acceptors (Lipinski definition) is 4. The van der Waals surface area contributed by atoms with Crippen molar-refractivity contribution in [3.8, 4) is 0 Å². The monoisotopic (exact) mass is 229 g/mol. The average Bonchev–Trinajstić information content (AvgIpc) is 2.61. The summed E-state index contributed by atoms with van der Waals surface area (Å²) in [5.41, 5.74) is 0. The number of amides is 1. The second-order valence-corrected chi connectivity index (χ2v) is 4.82. The zero-order valence-electron chi connectivity index (χ0n) is 9.78. The molecule has 2 atom stereocenters. The Morgan fingerprint density at radius 2 is 2.47 bits per heavy atom. The second kappa shape index (κ2) is 5.39. The maximum absolute atomic E-state index is 11.7. The van der Waals surface area contributed by atoms with E-state index in [9.17, 15) is 4.79 Å². The Morgan fingerprint density at radius 1 is 1.80 bits per heavy atom. The van der Waals surface area contributed by atoms with E-state index in [0.717, 1.165) is 17.5 Å². The van der Waals surface area contributed by atoms with E-state index < -0.39 is 0 Å². The van der Waals surface area contributed by atoms with Gasteiger partial charge in [0.2, 0.25) is 5.91 Å². The largest absolute Gasteiger partial charge is 0.353 e. The Bertz CT molecular complexity index is 267. The standard InChI is InChI=1S/C10H19N3OS/c1-5-13(4)9(14)8(3)12-10-11-7(2)6-15-10/h7-8H,5-6H2,1-4H3,(H,11,12). The molecule has 0 aromatic heterocycles. The Kier molecular flexibility index (Phi) is 4.45. The lowest BCUT2D eigenvalue weighted by atomic mass is 10.3. The zero-order valence-corrected chi connectivity index (χ0v) is 10.6. The molecule has 1 heterocycles. The van der Waals surface area contributed by atoms with E-state index in [2.05, 4.69) is 17.2 Å². The van der Waals surface area contributed by atoms with Crippen LogP contribution in [0, 0.1) is 0 Å². The number of hydrogen-bond donors (Lipinski definition) is 1. The molecule has 86 valence electrons. The molecule has 1 rings (SSSR count). The fraction of sp³-hybridized carbons (Fsp3) is 0.800. The lowest BCUT2D eigenvalue weighted by Crippen LogP contribution is -2.44. The van der Waals surface area contributed by atoms with Gasteiger partial charge >= 0.3 is 0 Å². The molecule has 0 aromatic carbocycles. The molecule has 2 unspecified atom stereocenters. The van der Waals surface area contributed by atoms with Gasteiger partial charge < -0.3 is 10.2 Å². The van der Waals surface area contributed by atoms with Gasteiger partial charge in [0.1, 0.15) is 6.04 Å². The van der Waals surface area contributed by atoms with Gasteiger partial charge in [-0.3, -0.25) is 9.79 Å². The number of likely N-dealkylation sites (N-methyl/N-ethyl adjacent to an activating group) is 1. The molecule has 1 amide bonds. The van der Waals surface area contributed by atoms with Crippen LogP contribution in [0.4, 0.5) is 0 Å². The first-order valence-electron chi connectivity index (χ1n) is 5.26. The molecule has 0 radical (unpaired) electrons. The van der Waals surface area contributed by atoms with Crippen LogP contribution in [0.15, 0.2) is 4.99 Å². The highest BCUT2D eigenvalue weighted by atomic mass is 32.2. The summed E-state index contributed by atoms with van der Waals surface area (Å²) in [6.45, 7) is 6.66. The van der Waals surface area contributed by atoms with E-state index in [1.165, 1.54) is 0 Å². The van der Waals surface area contributed by atoms with Crippen molar-refractivity contribution < 1.29 is 4.79 Å². The van der Waals surface area contributed by atoms with Crippen molar-refractivity contribution in [2.24, 2.45) is 4.99 Å². The van der Waals surface area contributed by atoms with Gasteiger partial charge in [-0.25, -0.2) is 0 Å². The molecule has 1 aliphatic rings. The van der Waals surface area contributed by atoms with Crippen molar-refractivity contribution in [3.63, 3.8) is 0 Å². The molecule has 0 aliphatic carbocycles. The number of rotatable bonds is 3. The SMILES string of the molecule is CCN(C)C(=O)C(C)NC1=NC(C)CS1. The summed E-state index contributed by atoms with van der Waals surface area (Å²) in [4.78, 5) is 17.8. The summed E-state index contributed by atoms with van der Waals surface area (Å²) < 4.78 is 0. The molecular formula is C10H19N3OS. The number of nitrogens with one attached hydrogen (secondary N) is 1. The molecule has 4 nitrogen and oxygen atoms in total. The molecule has 15 heavy (non-hydrogen) atoms. The number of amidine groups is 1. The third kappa shape index (κ3) is 3.41. The van der Waals surface area contributed by atoms with E-state index in [1.54, 1.807) is 16.7 Å². The minimum Gasteiger partial charge on any atom is -0.353 e. The zero-order chi connectivity index (χ0) is 11.4. The molecule has 1 N–H and O–H groups in total. The summed E-state index contributed by atoms with van der Waals surface area (Å²) in [7, 11) is 1.81. The van der Waals surface area contributed by atoms with Crippen LogP contribution in [0.3, 0.4) is 0 Å². The fourth-order valence-electron chi connectivity index (χ4n) is 1.29. The van der Waals surface area contributed by atoms with E-state index in [-0.39, 0.29) is 11.9 Å². The van der Waals surface area contributed by atoms with Crippen LogP contribution in [-0.2, 0) is 4.79 Å². The highest BCUT2D eigenvalue weighted by Gasteiger charge is 2.20. The van der Waals surface area contributed by atoms with Gasteiger partial charge in [-0.05, 0) is 20.8 Å². The minimum atomic E-state index is -0.188. The normalized spacial score (nSPS) is 22.1. The molecule has 0 saturated carbocycles. The Hall–Kier alpha value is -0.710. The smallest absolute Gasteiger partial charge is 0.244 e. The number of carbonyl (C=O) groups is 1. The van der Waals surface area contributed by atoms with Crippen LogP contribution >= 0.6 is 11.8 Å². The summed E-state index contributed by atoms with van der Waals surface area (Å²) in [6, 6.07) is 0.176. The number of thioether (sulfide) groups is 1. The Labute approximate surface area is 95.5 Å². The van der Waals surface area contributed by atoms with Gasteiger partial charge in [-0.15, -0.1) is 0 Å². The van der Waals surface area contributed by atoms with Gasteiger partial charge in [-0.1, -0.05) is 11.8 Å². The minimum absolute atomic E-state index is 0.111. The lowest BCUT2D eigenvalue weighted by molar-refractivity contribution is -0.131. The number of aliphatic imine (C=N–C) groups is 1. The molecule has 0 spiro atoms. The first kappa shape index (κ1) is 12.4. The highest BCUT2D eigenvalue weighted by molar-refractivity contribution is 8.14. The van der Waals surface area contributed by atoms with Gasteiger partial charge in [0.05, 0.1) is 6.04 Å². The maximum atomic E-state index is 11.7. The molecule has 0 bridgehead atoms. The van der Waals surface area contributed by atoms with Crippen LogP contribution in [0.25, 0.3) is 0 Å². The second-order valence-electron chi connectivity index (χ2n) is 3.81. The number of nitrogens with zero attached hydrogens (tertiary/aromatic N) is 2. The van der Waals surface area contributed by atoms with Crippen molar-refractivity contribution in [1.82, 2.24) is 10.2 Å². The van der Waals surface area contributed by atoms with Gasteiger partial charge in [-0.2, -0.15) is 0 Å². The molecule has 0 saturated heterocycles. The average molecular weight is 229 g/mol. The van der Waals surface area contributed by atoms with Gasteiger partial charge in [0.25, 0.3) is 0 Å². The molecular weight excluding hydrogens is 210 g/mol. The quantitative estimate of drug-likeness (QED) is 0.783. The molecule has 0 fully saturated rings.